The van der Waals surface area contributed by atoms with Crippen molar-refractivity contribution in [1.82, 2.24) is 10.2 Å². The van der Waals surface area contributed by atoms with Crippen LogP contribution in [0.15, 0.2) is 0 Å². The Morgan fingerprint density at radius 1 is 1.21 bits per heavy atom. The van der Waals surface area contributed by atoms with Crippen molar-refractivity contribution in [3.8, 4) is 0 Å². The number of carbonyl (C=O) groups is 2. The third-order valence-electron chi connectivity index (χ3n) is 2.32. The summed E-state index contributed by atoms with van der Waals surface area (Å²) in [5, 5.41) is 3.18. The molecule has 1 fully saturated rings. The van der Waals surface area contributed by atoms with Gasteiger partial charge in [0.05, 0.1) is 0 Å². The van der Waals surface area contributed by atoms with Crippen LogP contribution in [-0.2, 0) is 9.59 Å². The van der Waals surface area contributed by atoms with E-state index in [9.17, 15) is 9.59 Å². The van der Waals surface area contributed by atoms with Crippen molar-refractivity contribution in [3.05, 3.63) is 0 Å². The summed E-state index contributed by atoms with van der Waals surface area (Å²) in [7, 11) is 0. The highest BCUT2D eigenvalue weighted by atomic mass is 16.2. The predicted molar refractivity (Wildman–Crippen MR) is 53.7 cm³/mol. The van der Waals surface area contributed by atoms with E-state index in [1.807, 2.05) is 0 Å². The predicted octanol–water partition coefficient (Wildman–Crippen LogP) is 0.525. The second-order valence-corrected chi connectivity index (χ2v) is 3.54. The summed E-state index contributed by atoms with van der Waals surface area (Å²) in [4.78, 5) is 24.1. The summed E-state index contributed by atoms with van der Waals surface area (Å²) in [5.74, 6) is -0.0286. The molecule has 0 radical (unpaired) electrons. The Labute approximate surface area is 84.7 Å². The fraction of sp³-hybridized carbons (Fsp3) is 0.800. The van der Waals surface area contributed by atoms with Crippen LogP contribution in [0, 0.1) is 0 Å². The first kappa shape index (κ1) is 11.2. The highest BCUT2D eigenvalue weighted by molar-refractivity contribution is 5.97. The largest absolute Gasteiger partial charge is 0.315 e. The number of hydrogen-bond acceptors (Lipinski definition) is 3. The fourth-order valence-electron chi connectivity index (χ4n) is 1.54. The molecule has 2 amide bonds. The minimum Gasteiger partial charge on any atom is -0.315 e. The zero-order valence-electron chi connectivity index (χ0n) is 8.71. The molecule has 1 aliphatic heterocycles. The molecule has 80 valence electrons. The van der Waals surface area contributed by atoms with Gasteiger partial charge in [-0.05, 0) is 19.4 Å². The Hall–Kier alpha value is -0.900. The number of nitrogens with zero attached hydrogens (tertiary/aromatic N) is 1. The van der Waals surface area contributed by atoms with Gasteiger partial charge in [-0.25, -0.2) is 0 Å². The Balaban J connectivity index is 2.26. The van der Waals surface area contributed by atoms with Gasteiger partial charge < -0.3 is 5.32 Å². The average molecular weight is 198 g/mol. The molecule has 0 unspecified atom stereocenters. The summed E-state index contributed by atoms with van der Waals surface area (Å²) < 4.78 is 0. The molecule has 0 bridgehead atoms. The lowest BCUT2D eigenvalue weighted by molar-refractivity contribution is -0.147. The Kier molecular flexibility index (Phi) is 4.59. The standard InChI is InChI=1S/C10H18N2O2/c1-2-6-11-7-8-12-9(13)4-3-5-10(12)14/h11H,2-8H2,1H3. The fourth-order valence-corrected chi connectivity index (χ4v) is 1.54. The van der Waals surface area contributed by atoms with E-state index in [-0.39, 0.29) is 11.8 Å². The van der Waals surface area contributed by atoms with Gasteiger partial charge in [0.1, 0.15) is 0 Å². The van der Waals surface area contributed by atoms with Crippen molar-refractivity contribution >= 4 is 11.8 Å². The van der Waals surface area contributed by atoms with Gasteiger partial charge in [-0.1, -0.05) is 6.92 Å². The molecule has 0 atom stereocenters. The van der Waals surface area contributed by atoms with Crippen LogP contribution in [-0.4, -0.2) is 36.3 Å². The van der Waals surface area contributed by atoms with Crippen LogP contribution < -0.4 is 5.32 Å². The molecular formula is C10H18N2O2. The van der Waals surface area contributed by atoms with Crippen molar-refractivity contribution in [2.45, 2.75) is 32.6 Å². The molecule has 0 aliphatic carbocycles. The number of nitrogens with one attached hydrogen (secondary N) is 1. The van der Waals surface area contributed by atoms with Crippen molar-refractivity contribution in [1.29, 1.82) is 0 Å². The van der Waals surface area contributed by atoms with Crippen LogP contribution in [0.3, 0.4) is 0 Å². The third kappa shape index (κ3) is 3.10. The Morgan fingerprint density at radius 2 is 1.86 bits per heavy atom. The van der Waals surface area contributed by atoms with E-state index < -0.39 is 0 Å². The molecule has 1 aliphatic rings. The number of piperidine rings is 1. The van der Waals surface area contributed by atoms with Gasteiger partial charge in [0.2, 0.25) is 11.8 Å². The van der Waals surface area contributed by atoms with Crippen LogP contribution >= 0.6 is 0 Å². The minimum absolute atomic E-state index is 0.0143. The first-order valence-corrected chi connectivity index (χ1v) is 5.29. The van der Waals surface area contributed by atoms with Crippen LogP contribution in [0.2, 0.25) is 0 Å². The van der Waals surface area contributed by atoms with Crippen LogP contribution in [0.25, 0.3) is 0 Å². The lowest BCUT2D eigenvalue weighted by atomic mass is 10.1. The van der Waals surface area contributed by atoms with Crippen LogP contribution in [0.1, 0.15) is 32.6 Å². The molecular weight excluding hydrogens is 180 g/mol. The summed E-state index contributed by atoms with van der Waals surface area (Å²) in [6, 6.07) is 0. The van der Waals surface area contributed by atoms with E-state index in [2.05, 4.69) is 12.2 Å². The molecule has 0 aromatic heterocycles. The summed E-state index contributed by atoms with van der Waals surface area (Å²) in [6.45, 7) is 4.27. The maximum Gasteiger partial charge on any atom is 0.229 e. The molecule has 1 saturated heterocycles. The summed E-state index contributed by atoms with van der Waals surface area (Å²) in [6.07, 6.45) is 2.84. The lowest BCUT2D eigenvalue weighted by Crippen LogP contribution is -2.43. The molecule has 4 heteroatoms. The van der Waals surface area contributed by atoms with Crippen LogP contribution in [0.5, 0.6) is 0 Å². The monoisotopic (exact) mass is 198 g/mol. The molecule has 1 heterocycles. The Bertz CT molecular complexity index is 200. The number of hydrogen-bond donors (Lipinski definition) is 1. The second kappa shape index (κ2) is 5.75. The van der Waals surface area contributed by atoms with Gasteiger partial charge in [0.15, 0.2) is 0 Å². The first-order chi connectivity index (χ1) is 6.75. The number of carbonyl (C=O) groups excluding carboxylic acids is 2. The number of likely N-dealkylation sites (tertiary alicyclic amines) is 1. The summed E-state index contributed by atoms with van der Waals surface area (Å²) >= 11 is 0. The summed E-state index contributed by atoms with van der Waals surface area (Å²) in [5.41, 5.74) is 0. The number of amides is 2. The molecule has 1 N–H and O–H groups in total. The molecule has 0 saturated carbocycles. The van der Waals surface area contributed by atoms with E-state index >= 15 is 0 Å². The highest BCUT2D eigenvalue weighted by Crippen LogP contribution is 2.10. The SMILES string of the molecule is CCCNCCN1C(=O)CCCC1=O. The van der Waals surface area contributed by atoms with Crippen molar-refractivity contribution in [2.24, 2.45) is 0 Å². The minimum atomic E-state index is -0.0143. The van der Waals surface area contributed by atoms with Crippen molar-refractivity contribution in [3.63, 3.8) is 0 Å². The van der Waals surface area contributed by atoms with E-state index in [1.165, 1.54) is 4.90 Å². The molecule has 0 spiro atoms. The van der Waals surface area contributed by atoms with Crippen molar-refractivity contribution < 1.29 is 9.59 Å². The second-order valence-electron chi connectivity index (χ2n) is 3.54. The number of rotatable bonds is 5. The van der Waals surface area contributed by atoms with Gasteiger partial charge in [0.25, 0.3) is 0 Å². The molecule has 0 aromatic rings. The maximum absolute atomic E-state index is 11.3. The zero-order valence-corrected chi connectivity index (χ0v) is 8.71. The van der Waals surface area contributed by atoms with E-state index in [1.54, 1.807) is 0 Å². The molecule has 1 rings (SSSR count). The zero-order chi connectivity index (χ0) is 10.4. The van der Waals surface area contributed by atoms with Gasteiger partial charge in [0, 0.05) is 25.9 Å². The number of imide groups is 1. The average Bonchev–Trinajstić information content (AvgIpc) is 2.16. The maximum atomic E-state index is 11.3. The Morgan fingerprint density at radius 3 is 2.43 bits per heavy atom. The van der Waals surface area contributed by atoms with Gasteiger partial charge in [-0.2, -0.15) is 0 Å². The first-order valence-electron chi connectivity index (χ1n) is 5.29. The van der Waals surface area contributed by atoms with Gasteiger partial charge in [-0.15, -0.1) is 0 Å². The molecule has 0 aromatic carbocycles. The van der Waals surface area contributed by atoms with Crippen molar-refractivity contribution in [2.75, 3.05) is 19.6 Å². The lowest BCUT2D eigenvalue weighted by Gasteiger charge is -2.24. The van der Waals surface area contributed by atoms with E-state index in [4.69, 9.17) is 0 Å². The smallest absolute Gasteiger partial charge is 0.229 e. The van der Waals surface area contributed by atoms with E-state index in [0.29, 0.717) is 25.9 Å². The molecule has 4 nitrogen and oxygen atoms in total. The highest BCUT2D eigenvalue weighted by Gasteiger charge is 2.24. The molecule has 14 heavy (non-hydrogen) atoms. The third-order valence-corrected chi connectivity index (χ3v) is 2.32. The van der Waals surface area contributed by atoms with Gasteiger partial charge >= 0.3 is 0 Å². The normalized spacial score (nSPS) is 17.6. The quantitative estimate of drug-likeness (QED) is 0.517. The van der Waals surface area contributed by atoms with Gasteiger partial charge in [-0.3, -0.25) is 14.5 Å². The van der Waals surface area contributed by atoms with E-state index in [0.717, 1.165) is 19.4 Å². The topological polar surface area (TPSA) is 49.4 Å². The van der Waals surface area contributed by atoms with Crippen LogP contribution in [0.4, 0.5) is 0 Å².